The summed E-state index contributed by atoms with van der Waals surface area (Å²) < 4.78 is 12.3. The van der Waals surface area contributed by atoms with Crippen molar-refractivity contribution in [3.63, 3.8) is 0 Å². The van der Waals surface area contributed by atoms with Gasteiger partial charge in [0.1, 0.15) is 18.4 Å². The summed E-state index contributed by atoms with van der Waals surface area (Å²) >= 11 is 0. The summed E-state index contributed by atoms with van der Waals surface area (Å²) in [7, 11) is 3.15. The fraction of sp³-hybridized carbons (Fsp3) is 0.500. The van der Waals surface area contributed by atoms with Gasteiger partial charge in [-0.1, -0.05) is 38.5 Å². The lowest BCUT2D eigenvalue weighted by molar-refractivity contribution is -0.130. The summed E-state index contributed by atoms with van der Waals surface area (Å²) in [6.45, 7) is 8.09. The van der Waals surface area contributed by atoms with Gasteiger partial charge in [0.25, 0.3) is 0 Å². The van der Waals surface area contributed by atoms with Crippen LogP contribution in [-0.2, 0) is 33.9 Å². The lowest BCUT2D eigenvalue weighted by Crippen LogP contribution is -2.51. The van der Waals surface area contributed by atoms with Crippen molar-refractivity contribution in [1.29, 1.82) is 5.26 Å². The fourth-order valence-corrected chi connectivity index (χ4v) is 5.80. The van der Waals surface area contributed by atoms with Crippen molar-refractivity contribution in [3.05, 3.63) is 70.8 Å². The maximum Gasteiger partial charge on any atom is 0.243 e. The Hall–Kier alpha value is -4.96. The van der Waals surface area contributed by atoms with E-state index in [9.17, 15) is 14.4 Å². The molecule has 1 aliphatic heterocycles. The van der Waals surface area contributed by atoms with E-state index in [-0.39, 0.29) is 36.6 Å². The van der Waals surface area contributed by atoms with Gasteiger partial charge in [0.15, 0.2) is 17.3 Å². The number of methoxy groups -OCH3 is 2. The molecule has 2 heterocycles. The number of nitriles is 1. The van der Waals surface area contributed by atoms with Crippen LogP contribution in [0.3, 0.4) is 0 Å². The number of nitrogens with one attached hydrogen (secondary N) is 3. The highest BCUT2D eigenvalue weighted by Gasteiger charge is 2.29. The molecular formula is C36H48N8O5. The van der Waals surface area contributed by atoms with Gasteiger partial charge in [-0.3, -0.25) is 19.3 Å². The van der Waals surface area contributed by atoms with Gasteiger partial charge in [-0.25, -0.2) is 9.67 Å². The van der Waals surface area contributed by atoms with Crippen LogP contribution in [0, 0.1) is 17.2 Å². The summed E-state index contributed by atoms with van der Waals surface area (Å²) in [4.78, 5) is 47.0. The molecule has 13 heteroatoms. The van der Waals surface area contributed by atoms with Gasteiger partial charge in [0.2, 0.25) is 17.7 Å². The highest BCUT2D eigenvalue weighted by Crippen LogP contribution is 2.28. The minimum Gasteiger partial charge on any atom is -0.493 e. The molecule has 0 bridgehead atoms. The van der Waals surface area contributed by atoms with E-state index in [2.05, 4.69) is 32.0 Å². The summed E-state index contributed by atoms with van der Waals surface area (Å²) in [6, 6.07) is 13.8. The first-order valence-corrected chi connectivity index (χ1v) is 16.9. The van der Waals surface area contributed by atoms with Crippen LogP contribution in [0.15, 0.2) is 42.5 Å². The zero-order valence-electron chi connectivity index (χ0n) is 29.1. The van der Waals surface area contributed by atoms with Gasteiger partial charge in [-0.2, -0.15) is 10.4 Å². The predicted octanol–water partition coefficient (Wildman–Crippen LogP) is 3.27. The molecule has 0 saturated carbocycles. The Balaban J connectivity index is 1.57. The van der Waals surface area contributed by atoms with Crippen LogP contribution in [0.25, 0.3) is 0 Å². The monoisotopic (exact) mass is 672 g/mol. The van der Waals surface area contributed by atoms with Crippen LogP contribution in [0.4, 0.5) is 0 Å². The van der Waals surface area contributed by atoms with E-state index in [4.69, 9.17) is 19.7 Å². The Labute approximate surface area is 288 Å². The standard InChI is InChI=1S/C36H48N8O5/c1-6-24(2)34-36(47)39-25(3)35-40-31(20-28-14-15-29(48-4)30(19-28)49-5)42-44(35)23-33(46)38-16-8-18-43(17-7-9-32(45)41-34)22-27-12-10-26(21-37)11-13-27/h10-15,19,24-25,34H,6-9,16-18,20,22-23H2,1-5H3,(H,38,46)(H,39,47)(H,41,45)/t24-,25+,34-/m0/s1. The Morgan fingerprint density at radius 1 is 0.980 bits per heavy atom. The number of amides is 3. The third-order valence-electron chi connectivity index (χ3n) is 8.75. The van der Waals surface area contributed by atoms with E-state index in [0.29, 0.717) is 80.6 Å². The van der Waals surface area contributed by atoms with Gasteiger partial charge in [0, 0.05) is 32.5 Å². The molecule has 2 aromatic carbocycles. The molecule has 1 aromatic heterocycles. The molecule has 0 spiro atoms. The minimum absolute atomic E-state index is 0.0744. The van der Waals surface area contributed by atoms with E-state index in [1.54, 1.807) is 33.3 Å². The SMILES string of the molecule is CC[C@H](C)[C@@H]1NC(=O)CCCN(Cc2ccc(C#N)cc2)CCCNC(=O)Cn2nc(Cc3ccc(OC)c(OC)c3)nc2[C@@H](C)NC1=O. The highest BCUT2D eigenvalue weighted by molar-refractivity contribution is 5.88. The maximum atomic E-state index is 13.7. The molecule has 4 rings (SSSR count). The molecule has 3 N–H and O–H groups in total. The number of ether oxygens (including phenoxy) is 2. The second-order valence-electron chi connectivity index (χ2n) is 12.5. The molecular weight excluding hydrogens is 624 g/mol. The molecule has 49 heavy (non-hydrogen) atoms. The van der Waals surface area contributed by atoms with Gasteiger partial charge < -0.3 is 25.4 Å². The quantitative estimate of drug-likeness (QED) is 0.326. The van der Waals surface area contributed by atoms with Gasteiger partial charge >= 0.3 is 0 Å². The number of benzene rings is 2. The van der Waals surface area contributed by atoms with Crippen LogP contribution in [0.1, 0.15) is 80.8 Å². The number of hydrogen-bond donors (Lipinski definition) is 3. The molecule has 3 aromatic rings. The first-order valence-electron chi connectivity index (χ1n) is 16.9. The molecule has 3 atom stereocenters. The van der Waals surface area contributed by atoms with Crippen molar-refractivity contribution in [2.24, 2.45) is 5.92 Å². The number of aromatic nitrogens is 3. The molecule has 0 unspecified atom stereocenters. The third-order valence-corrected chi connectivity index (χ3v) is 8.75. The van der Waals surface area contributed by atoms with Crippen molar-refractivity contribution in [2.45, 2.75) is 78.0 Å². The van der Waals surface area contributed by atoms with Gasteiger partial charge in [-0.15, -0.1) is 0 Å². The van der Waals surface area contributed by atoms with Gasteiger partial charge in [0.05, 0.1) is 31.9 Å². The number of rotatable bonds is 8. The lowest BCUT2D eigenvalue weighted by atomic mass is 9.97. The van der Waals surface area contributed by atoms with Crippen LogP contribution in [0.2, 0.25) is 0 Å². The average Bonchev–Trinajstić information content (AvgIpc) is 3.49. The number of nitrogens with zero attached hydrogens (tertiary/aromatic N) is 5. The minimum atomic E-state index is -0.737. The Morgan fingerprint density at radius 2 is 1.69 bits per heavy atom. The molecule has 0 aliphatic carbocycles. The number of hydrogen-bond acceptors (Lipinski definition) is 9. The van der Waals surface area contributed by atoms with Crippen LogP contribution >= 0.6 is 0 Å². The molecule has 1 aliphatic rings. The molecule has 3 amide bonds. The molecule has 0 fully saturated rings. The average molecular weight is 673 g/mol. The Morgan fingerprint density at radius 3 is 2.39 bits per heavy atom. The van der Waals surface area contributed by atoms with E-state index in [0.717, 1.165) is 11.1 Å². The topological polar surface area (TPSA) is 164 Å². The lowest BCUT2D eigenvalue weighted by Gasteiger charge is -2.26. The smallest absolute Gasteiger partial charge is 0.243 e. The molecule has 0 saturated heterocycles. The zero-order chi connectivity index (χ0) is 35.3. The molecule has 0 radical (unpaired) electrons. The predicted molar refractivity (Wildman–Crippen MR) is 184 cm³/mol. The number of carbonyl (C=O) groups is 3. The summed E-state index contributed by atoms with van der Waals surface area (Å²) in [5.41, 5.74) is 2.54. The van der Waals surface area contributed by atoms with Crippen LogP contribution in [0.5, 0.6) is 11.5 Å². The van der Waals surface area contributed by atoms with Crippen molar-refractivity contribution >= 4 is 17.7 Å². The van der Waals surface area contributed by atoms with Crippen molar-refractivity contribution in [2.75, 3.05) is 33.9 Å². The normalized spacial score (nSPS) is 19.2. The van der Waals surface area contributed by atoms with Crippen LogP contribution < -0.4 is 25.4 Å². The number of fused-ring (bicyclic) bond motifs is 1. The second kappa shape index (κ2) is 18.0. The van der Waals surface area contributed by atoms with Crippen molar-refractivity contribution in [3.8, 4) is 17.6 Å². The van der Waals surface area contributed by atoms with E-state index >= 15 is 0 Å². The summed E-state index contributed by atoms with van der Waals surface area (Å²) in [5, 5.41) is 22.8. The first-order chi connectivity index (χ1) is 23.6. The third kappa shape index (κ3) is 10.5. The van der Waals surface area contributed by atoms with Crippen LogP contribution in [-0.4, -0.2) is 77.3 Å². The van der Waals surface area contributed by atoms with E-state index < -0.39 is 12.1 Å². The summed E-state index contributed by atoms with van der Waals surface area (Å²) in [5.74, 6) is 1.27. The second-order valence-corrected chi connectivity index (χ2v) is 12.5. The molecule has 262 valence electrons. The fourth-order valence-electron chi connectivity index (χ4n) is 5.80. The Bertz CT molecular complexity index is 1620. The van der Waals surface area contributed by atoms with E-state index in [1.807, 2.05) is 44.2 Å². The highest BCUT2D eigenvalue weighted by atomic mass is 16.5. The van der Waals surface area contributed by atoms with Crippen molar-refractivity contribution < 1.29 is 23.9 Å². The number of carbonyl (C=O) groups excluding carboxylic acids is 3. The zero-order valence-corrected chi connectivity index (χ0v) is 29.1. The van der Waals surface area contributed by atoms with E-state index in [1.165, 1.54) is 4.68 Å². The largest absolute Gasteiger partial charge is 0.493 e. The Kier molecular flexibility index (Phi) is 13.5. The molecule has 13 nitrogen and oxygen atoms in total. The summed E-state index contributed by atoms with van der Waals surface area (Å²) in [6.07, 6.45) is 2.63. The first kappa shape index (κ1) is 36.9. The van der Waals surface area contributed by atoms with Gasteiger partial charge in [-0.05, 0) is 67.6 Å². The maximum absolute atomic E-state index is 13.7. The van der Waals surface area contributed by atoms with Crippen molar-refractivity contribution in [1.82, 2.24) is 35.6 Å².